The molecule has 1 fully saturated rings. The molecule has 1 saturated heterocycles. The van der Waals surface area contributed by atoms with Crippen LogP contribution in [0.2, 0.25) is 0 Å². The molecule has 0 aliphatic carbocycles. The molecule has 6 heteroatoms. The van der Waals surface area contributed by atoms with Gasteiger partial charge in [-0.05, 0) is 73.7 Å². The SMILES string of the molecule is CSc1ccc(C=C(F)B2OC(C)(C)C(C)(C)O2)cc1Br. The second-order valence-corrected chi connectivity index (χ2v) is 7.71. The van der Waals surface area contributed by atoms with Crippen LogP contribution in [0.1, 0.15) is 33.3 Å². The van der Waals surface area contributed by atoms with Crippen molar-refractivity contribution in [2.75, 3.05) is 6.26 Å². The first-order valence-corrected chi connectivity index (χ1v) is 8.74. The fourth-order valence-corrected chi connectivity index (χ4v) is 3.30. The van der Waals surface area contributed by atoms with E-state index in [1.807, 2.05) is 52.1 Å². The molecule has 0 bridgehead atoms. The third-order valence-electron chi connectivity index (χ3n) is 3.96. The maximum absolute atomic E-state index is 14.4. The van der Waals surface area contributed by atoms with Gasteiger partial charge in [0.25, 0.3) is 0 Å². The smallest absolute Gasteiger partial charge is 0.398 e. The summed E-state index contributed by atoms with van der Waals surface area (Å²) in [5.74, 6) is 0. The second-order valence-electron chi connectivity index (χ2n) is 6.01. The summed E-state index contributed by atoms with van der Waals surface area (Å²) in [5, 5.41) is 0. The highest BCUT2D eigenvalue weighted by Crippen LogP contribution is 2.39. The summed E-state index contributed by atoms with van der Waals surface area (Å²) >= 11 is 5.12. The molecule has 1 aliphatic heterocycles. The van der Waals surface area contributed by atoms with Crippen molar-refractivity contribution in [2.24, 2.45) is 0 Å². The lowest BCUT2D eigenvalue weighted by Crippen LogP contribution is -2.41. The maximum Gasteiger partial charge on any atom is 0.525 e. The largest absolute Gasteiger partial charge is 0.525 e. The van der Waals surface area contributed by atoms with Crippen LogP contribution in [0.4, 0.5) is 4.39 Å². The molecule has 0 unspecified atom stereocenters. The molecule has 0 spiro atoms. The topological polar surface area (TPSA) is 18.5 Å². The Kier molecular flexibility index (Phi) is 4.93. The number of thioether (sulfide) groups is 1. The molecule has 0 atom stereocenters. The molecule has 1 heterocycles. The average Bonchev–Trinajstić information content (AvgIpc) is 2.59. The number of halogens is 2. The summed E-state index contributed by atoms with van der Waals surface area (Å²) < 4.78 is 26.7. The molecule has 2 rings (SSSR count). The van der Waals surface area contributed by atoms with E-state index in [1.165, 1.54) is 6.08 Å². The van der Waals surface area contributed by atoms with Crippen molar-refractivity contribution in [2.45, 2.75) is 43.8 Å². The summed E-state index contributed by atoms with van der Waals surface area (Å²) in [5.41, 5.74) is -0.720. The van der Waals surface area contributed by atoms with Gasteiger partial charge in [-0.3, -0.25) is 0 Å². The fourth-order valence-electron chi connectivity index (χ4n) is 1.96. The number of hydrogen-bond acceptors (Lipinski definition) is 3. The van der Waals surface area contributed by atoms with Crippen LogP contribution in [-0.2, 0) is 9.31 Å². The summed E-state index contributed by atoms with van der Waals surface area (Å²) in [6.07, 6.45) is 3.46. The minimum absolute atomic E-state index is 0.419. The van der Waals surface area contributed by atoms with E-state index in [0.29, 0.717) is 0 Å². The molecule has 0 saturated carbocycles. The lowest BCUT2D eigenvalue weighted by molar-refractivity contribution is 0.00578. The zero-order valence-electron chi connectivity index (χ0n) is 12.9. The quantitative estimate of drug-likeness (QED) is 0.542. The highest BCUT2D eigenvalue weighted by atomic mass is 79.9. The number of hydrogen-bond donors (Lipinski definition) is 0. The molecule has 0 amide bonds. The first-order valence-electron chi connectivity index (χ1n) is 6.72. The van der Waals surface area contributed by atoms with Crippen LogP contribution in [-0.4, -0.2) is 24.6 Å². The summed E-state index contributed by atoms with van der Waals surface area (Å²) in [6, 6.07) is 5.72. The van der Waals surface area contributed by atoms with Crippen LogP contribution >= 0.6 is 27.7 Å². The van der Waals surface area contributed by atoms with E-state index >= 15 is 0 Å². The van der Waals surface area contributed by atoms with Crippen LogP contribution in [0.3, 0.4) is 0 Å². The minimum atomic E-state index is -0.950. The van der Waals surface area contributed by atoms with Gasteiger partial charge in [0.05, 0.1) is 11.2 Å². The van der Waals surface area contributed by atoms with E-state index in [-0.39, 0.29) is 0 Å². The molecule has 1 aromatic carbocycles. The predicted octanol–water partition coefficient (Wildman–Crippen LogP) is 5.11. The van der Waals surface area contributed by atoms with Crippen LogP contribution in [0.25, 0.3) is 6.08 Å². The maximum atomic E-state index is 14.4. The number of rotatable bonds is 3. The van der Waals surface area contributed by atoms with E-state index in [2.05, 4.69) is 15.9 Å². The molecule has 0 radical (unpaired) electrons. The molecule has 21 heavy (non-hydrogen) atoms. The van der Waals surface area contributed by atoms with Crippen molar-refractivity contribution in [3.63, 3.8) is 0 Å². The van der Waals surface area contributed by atoms with Crippen molar-refractivity contribution in [3.8, 4) is 0 Å². The van der Waals surface area contributed by atoms with Crippen molar-refractivity contribution in [1.82, 2.24) is 0 Å². The van der Waals surface area contributed by atoms with Crippen LogP contribution < -0.4 is 0 Å². The molecule has 1 aromatic rings. The highest BCUT2D eigenvalue weighted by Gasteiger charge is 2.53. The van der Waals surface area contributed by atoms with Gasteiger partial charge >= 0.3 is 7.12 Å². The second kappa shape index (κ2) is 6.07. The fraction of sp³-hybridized carbons (Fsp3) is 0.467. The molecule has 0 N–H and O–H groups in total. The summed E-state index contributed by atoms with van der Waals surface area (Å²) in [6.45, 7) is 7.63. The minimum Gasteiger partial charge on any atom is -0.398 e. The lowest BCUT2D eigenvalue weighted by atomic mass is 9.87. The highest BCUT2D eigenvalue weighted by molar-refractivity contribution is 9.10. The third-order valence-corrected chi connectivity index (χ3v) is 5.67. The van der Waals surface area contributed by atoms with Crippen molar-refractivity contribution < 1.29 is 13.7 Å². The normalized spacial score (nSPS) is 20.9. The van der Waals surface area contributed by atoms with E-state index in [1.54, 1.807) is 11.8 Å². The van der Waals surface area contributed by atoms with Gasteiger partial charge < -0.3 is 9.31 Å². The first-order chi connectivity index (χ1) is 9.66. The number of benzene rings is 1. The Bertz CT molecular complexity index is 559. The summed E-state index contributed by atoms with van der Waals surface area (Å²) in [7, 11) is -0.950. The zero-order valence-corrected chi connectivity index (χ0v) is 15.3. The van der Waals surface area contributed by atoms with Crippen molar-refractivity contribution in [3.05, 3.63) is 34.0 Å². The van der Waals surface area contributed by atoms with Gasteiger partial charge in [-0.1, -0.05) is 6.07 Å². The Hall–Kier alpha value is -0.295. The molecule has 1 aliphatic rings. The first kappa shape index (κ1) is 17.1. The van der Waals surface area contributed by atoms with Gasteiger partial charge in [-0.2, -0.15) is 0 Å². The van der Waals surface area contributed by atoms with E-state index < -0.39 is 24.0 Å². The standard InChI is InChI=1S/C15H19BBrFO2S/c1-14(2)15(3,4)20-16(19-14)13(18)9-10-6-7-12(21-5)11(17)8-10/h6-9H,1-5H3. The van der Waals surface area contributed by atoms with E-state index in [0.717, 1.165) is 14.9 Å². The Morgan fingerprint density at radius 2 is 1.81 bits per heavy atom. The third kappa shape index (κ3) is 3.55. The van der Waals surface area contributed by atoms with Gasteiger partial charge in [-0.25, -0.2) is 4.39 Å². The predicted molar refractivity (Wildman–Crippen MR) is 91.1 cm³/mol. The van der Waals surface area contributed by atoms with Crippen LogP contribution in [0, 0.1) is 0 Å². The Labute approximate surface area is 138 Å². The van der Waals surface area contributed by atoms with Crippen molar-refractivity contribution >= 4 is 40.9 Å². The van der Waals surface area contributed by atoms with Gasteiger partial charge in [0.2, 0.25) is 0 Å². The molecular formula is C15H19BBrFO2S. The van der Waals surface area contributed by atoms with Crippen molar-refractivity contribution in [1.29, 1.82) is 0 Å². The summed E-state index contributed by atoms with van der Waals surface area (Å²) in [4.78, 5) is 1.11. The van der Waals surface area contributed by atoms with Gasteiger partial charge in [0, 0.05) is 9.37 Å². The molecule has 2 nitrogen and oxygen atoms in total. The zero-order chi connectivity index (χ0) is 15.8. The molecular weight excluding hydrogens is 354 g/mol. The van der Waals surface area contributed by atoms with Crippen LogP contribution in [0.5, 0.6) is 0 Å². The van der Waals surface area contributed by atoms with Gasteiger partial charge in [-0.15, -0.1) is 11.8 Å². The Balaban J connectivity index is 2.21. The van der Waals surface area contributed by atoms with Gasteiger partial charge in [0.15, 0.2) is 0 Å². The van der Waals surface area contributed by atoms with E-state index in [4.69, 9.17) is 9.31 Å². The molecule has 114 valence electrons. The lowest BCUT2D eigenvalue weighted by Gasteiger charge is -2.32. The Morgan fingerprint density at radius 1 is 1.24 bits per heavy atom. The van der Waals surface area contributed by atoms with Crippen LogP contribution in [0.15, 0.2) is 33.3 Å². The average molecular weight is 373 g/mol. The molecule has 0 aromatic heterocycles. The van der Waals surface area contributed by atoms with Gasteiger partial charge in [0.1, 0.15) is 5.73 Å². The van der Waals surface area contributed by atoms with E-state index in [9.17, 15) is 4.39 Å². The Morgan fingerprint density at radius 3 is 2.29 bits per heavy atom. The monoisotopic (exact) mass is 372 g/mol.